The van der Waals surface area contributed by atoms with Crippen LogP contribution in [0.5, 0.6) is 5.75 Å². The number of para-hydroxylation sites is 1. The Balaban J connectivity index is 1.29. The first-order valence-corrected chi connectivity index (χ1v) is 8.66. The van der Waals surface area contributed by atoms with Crippen molar-refractivity contribution in [3.8, 4) is 5.75 Å². The third-order valence-corrected chi connectivity index (χ3v) is 4.64. The summed E-state index contributed by atoms with van der Waals surface area (Å²) in [5.41, 5.74) is 2.38. The van der Waals surface area contributed by atoms with E-state index in [1.807, 2.05) is 24.3 Å². The van der Waals surface area contributed by atoms with Crippen LogP contribution in [0.15, 0.2) is 53.7 Å². The van der Waals surface area contributed by atoms with Crippen LogP contribution < -0.4 is 10.1 Å². The van der Waals surface area contributed by atoms with E-state index in [2.05, 4.69) is 10.5 Å². The van der Waals surface area contributed by atoms with E-state index in [0.29, 0.717) is 30.8 Å². The number of rotatable bonds is 4. The van der Waals surface area contributed by atoms with E-state index in [4.69, 9.17) is 9.57 Å². The molecule has 2 heterocycles. The van der Waals surface area contributed by atoms with Gasteiger partial charge in [0.25, 0.3) is 5.91 Å². The predicted octanol–water partition coefficient (Wildman–Crippen LogP) is 2.69. The summed E-state index contributed by atoms with van der Waals surface area (Å²) in [6, 6.07) is 14.1. The number of hydrogen-bond acceptors (Lipinski definition) is 4. The van der Waals surface area contributed by atoms with E-state index in [0.717, 1.165) is 17.7 Å². The Morgan fingerprint density at radius 2 is 2.08 bits per heavy atom. The van der Waals surface area contributed by atoms with Gasteiger partial charge in [0.2, 0.25) is 6.10 Å². The zero-order valence-corrected chi connectivity index (χ0v) is 14.2. The number of oxime groups is 1. The van der Waals surface area contributed by atoms with Gasteiger partial charge in [0.15, 0.2) is 0 Å². The monoisotopic (exact) mass is 354 g/mol. The molecule has 0 unspecified atom stereocenters. The van der Waals surface area contributed by atoms with Crippen LogP contribution in [0.4, 0.5) is 4.39 Å². The van der Waals surface area contributed by atoms with Crippen molar-refractivity contribution in [1.82, 2.24) is 5.32 Å². The maximum Gasteiger partial charge on any atom is 0.264 e. The Hall–Kier alpha value is -2.89. The Morgan fingerprint density at radius 1 is 1.19 bits per heavy atom. The maximum absolute atomic E-state index is 13.3. The first kappa shape index (κ1) is 16.6. The molecule has 2 aliphatic rings. The molecule has 2 aromatic carbocycles. The molecule has 0 bridgehead atoms. The van der Waals surface area contributed by atoms with Crippen LogP contribution in [0.1, 0.15) is 17.5 Å². The first-order chi connectivity index (χ1) is 12.7. The molecule has 0 aromatic heterocycles. The molecule has 26 heavy (non-hydrogen) atoms. The third kappa shape index (κ3) is 3.54. The molecule has 6 heteroatoms. The number of carbonyl (C=O) groups excluding carboxylic acids is 1. The van der Waals surface area contributed by atoms with Gasteiger partial charge in [-0.25, -0.2) is 4.39 Å². The highest BCUT2D eigenvalue weighted by atomic mass is 19.1. The normalized spacial score (nSPS) is 21.2. The quantitative estimate of drug-likeness (QED) is 0.918. The fourth-order valence-electron chi connectivity index (χ4n) is 3.24. The second kappa shape index (κ2) is 7.15. The van der Waals surface area contributed by atoms with Gasteiger partial charge < -0.3 is 14.9 Å². The molecular formula is C20H19FN2O3. The van der Waals surface area contributed by atoms with Gasteiger partial charge in [-0.05, 0) is 30.2 Å². The van der Waals surface area contributed by atoms with E-state index in [-0.39, 0.29) is 17.6 Å². The molecule has 5 nitrogen and oxygen atoms in total. The summed E-state index contributed by atoms with van der Waals surface area (Å²) in [5.74, 6) is 0.593. The summed E-state index contributed by atoms with van der Waals surface area (Å²) < 4.78 is 19.1. The van der Waals surface area contributed by atoms with E-state index in [1.165, 1.54) is 12.1 Å². The van der Waals surface area contributed by atoms with Crippen LogP contribution in [-0.2, 0) is 16.1 Å². The minimum absolute atomic E-state index is 0.209. The molecule has 1 amide bonds. The summed E-state index contributed by atoms with van der Waals surface area (Å²) >= 11 is 0. The lowest BCUT2D eigenvalue weighted by atomic mass is 9.96. The fourth-order valence-corrected chi connectivity index (χ4v) is 3.24. The van der Waals surface area contributed by atoms with Crippen molar-refractivity contribution in [2.45, 2.75) is 18.9 Å². The average molecular weight is 354 g/mol. The lowest BCUT2D eigenvalue weighted by Gasteiger charge is -2.25. The molecule has 2 aliphatic heterocycles. The van der Waals surface area contributed by atoms with Crippen LogP contribution in [0, 0.1) is 11.7 Å². The summed E-state index contributed by atoms with van der Waals surface area (Å²) in [6.45, 7) is 1.09. The molecule has 0 spiro atoms. The molecule has 134 valence electrons. The number of halogens is 1. The molecule has 2 atom stereocenters. The van der Waals surface area contributed by atoms with Crippen LogP contribution in [0.2, 0.25) is 0 Å². The lowest BCUT2D eigenvalue weighted by molar-refractivity contribution is -0.131. The van der Waals surface area contributed by atoms with Crippen molar-refractivity contribution in [1.29, 1.82) is 0 Å². The second-order valence-corrected chi connectivity index (χ2v) is 6.58. The molecule has 0 fully saturated rings. The van der Waals surface area contributed by atoms with E-state index < -0.39 is 6.10 Å². The SMILES string of the molecule is O=C(NC[C@@H]1COc2ccccc2C1)[C@H]1CC(c2cccc(F)c2)=NO1. The second-order valence-electron chi connectivity index (χ2n) is 6.58. The van der Waals surface area contributed by atoms with E-state index in [1.54, 1.807) is 12.1 Å². The van der Waals surface area contributed by atoms with Gasteiger partial charge in [0.1, 0.15) is 11.6 Å². The number of benzene rings is 2. The topological polar surface area (TPSA) is 59.9 Å². The standard InChI is InChI=1S/C20H19FN2O3/c21-16-6-3-5-14(9-16)17-10-19(26-23-17)20(24)22-11-13-8-15-4-1-2-7-18(15)25-12-13/h1-7,9,13,19H,8,10-12H2,(H,22,24)/t13-,19-/m1/s1. The minimum Gasteiger partial charge on any atom is -0.493 e. The number of hydrogen-bond donors (Lipinski definition) is 1. The zero-order chi connectivity index (χ0) is 17.9. The molecule has 4 rings (SSSR count). The molecule has 0 radical (unpaired) electrons. The van der Waals surface area contributed by atoms with Crippen LogP contribution in [-0.4, -0.2) is 30.9 Å². The molecule has 1 N–H and O–H groups in total. The highest BCUT2D eigenvalue weighted by Crippen LogP contribution is 2.26. The van der Waals surface area contributed by atoms with Gasteiger partial charge >= 0.3 is 0 Å². The first-order valence-electron chi connectivity index (χ1n) is 8.66. The maximum atomic E-state index is 13.3. The highest BCUT2D eigenvalue weighted by Gasteiger charge is 2.30. The Kier molecular flexibility index (Phi) is 4.56. The van der Waals surface area contributed by atoms with Crippen LogP contribution in [0.25, 0.3) is 0 Å². The molecule has 0 aliphatic carbocycles. The van der Waals surface area contributed by atoms with Crippen LogP contribution in [0.3, 0.4) is 0 Å². The van der Waals surface area contributed by atoms with Crippen LogP contribution >= 0.6 is 0 Å². The zero-order valence-electron chi connectivity index (χ0n) is 14.2. The van der Waals surface area contributed by atoms with Gasteiger partial charge in [-0.2, -0.15) is 0 Å². The number of nitrogens with zero attached hydrogens (tertiary/aromatic N) is 1. The lowest BCUT2D eigenvalue weighted by Crippen LogP contribution is -2.40. The Bertz CT molecular complexity index is 852. The van der Waals surface area contributed by atoms with Gasteiger partial charge in [0.05, 0.1) is 12.3 Å². The van der Waals surface area contributed by atoms with Crippen molar-refractivity contribution in [2.75, 3.05) is 13.2 Å². The number of carbonyl (C=O) groups is 1. The molecule has 2 aromatic rings. The van der Waals surface area contributed by atoms with Gasteiger partial charge in [-0.15, -0.1) is 0 Å². The number of ether oxygens (including phenoxy) is 1. The Morgan fingerprint density at radius 3 is 2.96 bits per heavy atom. The number of nitrogens with one attached hydrogen (secondary N) is 1. The number of amides is 1. The predicted molar refractivity (Wildman–Crippen MR) is 94.6 cm³/mol. The van der Waals surface area contributed by atoms with E-state index in [9.17, 15) is 9.18 Å². The summed E-state index contributed by atoms with van der Waals surface area (Å²) in [6.07, 6.45) is 0.525. The van der Waals surface area contributed by atoms with Gasteiger partial charge in [0, 0.05) is 24.4 Å². The largest absolute Gasteiger partial charge is 0.493 e. The number of fused-ring (bicyclic) bond motifs is 1. The van der Waals surface area contributed by atoms with Crippen molar-refractivity contribution in [3.63, 3.8) is 0 Å². The smallest absolute Gasteiger partial charge is 0.264 e. The molecular weight excluding hydrogens is 335 g/mol. The van der Waals surface area contributed by atoms with Crippen molar-refractivity contribution < 1.29 is 18.8 Å². The fraction of sp³-hybridized carbons (Fsp3) is 0.300. The average Bonchev–Trinajstić information content (AvgIpc) is 3.16. The van der Waals surface area contributed by atoms with Crippen molar-refractivity contribution >= 4 is 11.6 Å². The Labute approximate surface area is 150 Å². The highest BCUT2D eigenvalue weighted by molar-refractivity contribution is 6.04. The third-order valence-electron chi connectivity index (χ3n) is 4.64. The summed E-state index contributed by atoms with van der Waals surface area (Å²) in [4.78, 5) is 17.6. The minimum atomic E-state index is -0.676. The molecule has 0 saturated heterocycles. The summed E-state index contributed by atoms with van der Waals surface area (Å²) in [5, 5.41) is 6.86. The van der Waals surface area contributed by atoms with Crippen molar-refractivity contribution in [2.24, 2.45) is 11.1 Å². The van der Waals surface area contributed by atoms with Crippen molar-refractivity contribution in [3.05, 3.63) is 65.5 Å². The summed E-state index contributed by atoms with van der Waals surface area (Å²) in [7, 11) is 0. The van der Waals surface area contributed by atoms with Gasteiger partial charge in [-0.1, -0.05) is 35.5 Å². The molecule has 0 saturated carbocycles. The van der Waals surface area contributed by atoms with E-state index >= 15 is 0 Å². The van der Waals surface area contributed by atoms with Gasteiger partial charge in [-0.3, -0.25) is 4.79 Å².